The molecule has 3 nitrogen and oxygen atoms in total. The summed E-state index contributed by atoms with van der Waals surface area (Å²) in [5.74, 6) is 2.80. The van der Waals surface area contributed by atoms with Crippen LogP contribution in [0.4, 0.5) is 0 Å². The van der Waals surface area contributed by atoms with Crippen LogP contribution < -0.4 is 14.8 Å². The maximum atomic E-state index is 6.19. The zero-order chi connectivity index (χ0) is 20.6. The van der Waals surface area contributed by atoms with E-state index in [-0.39, 0.29) is 0 Å². The van der Waals surface area contributed by atoms with Crippen molar-refractivity contribution in [2.75, 3.05) is 19.8 Å². The third-order valence-electron chi connectivity index (χ3n) is 6.03. The molecule has 29 heavy (non-hydrogen) atoms. The van der Waals surface area contributed by atoms with Crippen LogP contribution >= 0.6 is 0 Å². The monoisotopic (exact) mass is 403 g/mol. The van der Waals surface area contributed by atoms with Gasteiger partial charge in [0.25, 0.3) is 0 Å². The summed E-state index contributed by atoms with van der Waals surface area (Å²) in [6, 6.07) is 6.41. The molecule has 0 amide bonds. The van der Waals surface area contributed by atoms with Crippen molar-refractivity contribution in [1.29, 1.82) is 0 Å². The standard InChI is InChI=1S/C26H45NO2/c1-3-5-7-12-18-28-25-17-16-24(22-27-21-23-14-10-9-11-15-23)26(20-25)29-19-13-8-6-4-2/h16-17,20,23,27H,3-15,18-19,21-22H2,1-2H3. The molecule has 1 saturated carbocycles. The van der Waals surface area contributed by atoms with Gasteiger partial charge in [0.05, 0.1) is 13.2 Å². The summed E-state index contributed by atoms with van der Waals surface area (Å²) in [6.45, 7) is 8.11. The summed E-state index contributed by atoms with van der Waals surface area (Å²) in [5, 5.41) is 3.69. The molecular weight excluding hydrogens is 358 g/mol. The topological polar surface area (TPSA) is 30.5 Å². The maximum Gasteiger partial charge on any atom is 0.127 e. The van der Waals surface area contributed by atoms with E-state index in [4.69, 9.17) is 9.47 Å². The number of unbranched alkanes of at least 4 members (excludes halogenated alkanes) is 6. The molecule has 166 valence electrons. The predicted octanol–water partition coefficient (Wildman–Crippen LogP) is 7.27. The highest BCUT2D eigenvalue weighted by molar-refractivity contribution is 5.40. The molecule has 3 heteroatoms. The number of benzene rings is 1. The molecule has 0 radical (unpaired) electrons. The van der Waals surface area contributed by atoms with E-state index in [9.17, 15) is 0 Å². The van der Waals surface area contributed by atoms with Crippen LogP contribution in [-0.4, -0.2) is 19.8 Å². The quantitative estimate of drug-likeness (QED) is 0.294. The van der Waals surface area contributed by atoms with Crippen molar-refractivity contribution in [3.05, 3.63) is 23.8 Å². The van der Waals surface area contributed by atoms with Gasteiger partial charge in [0.2, 0.25) is 0 Å². The minimum atomic E-state index is 0.801. The van der Waals surface area contributed by atoms with Crippen molar-refractivity contribution in [2.24, 2.45) is 5.92 Å². The minimum Gasteiger partial charge on any atom is -0.493 e. The van der Waals surface area contributed by atoms with E-state index >= 15 is 0 Å². The van der Waals surface area contributed by atoms with E-state index < -0.39 is 0 Å². The summed E-state index contributed by atoms with van der Waals surface area (Å²) in [6.07, 6.45) is 16.9. The Morgan fingerprint density at radius 1 is 0.828 bits per heavy atom. The lowest BCUT2D eigenvalue weighted by molar-refractivity contribution is 0.287. The van der Waals surface area contributed by atoms with Crippen LogP contribution in [0.1, 0.15) is 103 Å². The smallest absolute Gasteiger partial charge is 0.127 e. The van der Waals surface area contributed by atoms with Gasteiger partial charge in [-0.25, -0.2) is 0 Å². The first-order chi connectivity index (χ1) is 14.3. The van der Waals surface area contributed by atoms with E-state index in [1.54, 1.807) is 0 Å². The fraction of sp³-hybridized carbons (Fsp3) is 0.769. The van der Waals surface area contributed by atoms with Crippen molar-refractivity contribution in [3.8, 4) is 11.5 Å². The fourth-order valence-electron chi connectivity index (χ4n) is 4.14. The van der Waals surface area contributed by atoms with Crippen molar-refractivity contribution < 1.29 is 9.47 Å². The third-order valence-corrected chi connectivity index (χ3v) is 6.03. The number of hydrogen-bond donors (Lipinski definition) is 1. The zero-order valence-electron chi connectivity index (χ0n) is 19.1. The molecule has 1 N–H and O–H groups in total. The largest absolute Gasteiger partial charge is 0.493 e. The summed E-state index contributed by atoms with van der Waals surface area (Å²) in [7, 11) is 0. The summed E-state index contributed by atoms with van der Waals surface area (Å²) < 4.78 is 12.2. The first-order valence-corrected chi connectivity index (χ1v) is 12.4. The van der Waals surface area contributed by atoms with Crippen molar-refractivity contribution in [1.82, 2.24) is 5.32 Å². The summed E-state index contributed by atoms with van der Waals surface area (Å²) in [5.41, 5.74) is 1.26. The second-order valence-electron chi connectivity index (χ2n) is 8.72. The lowest BCUT2D eigenvalue weighted by Crippen LogP contribution is -2.24. The molecule has 1 fully saturated rings. The molecule has 1 aromatic rings. The number of nitrogens with one attached hydrogen (secondary N) is 1. The highest BCUT2D eigenvalue weighted by Gasteiger charge is 2.13. The van der Waals surface area contributed by atoms with Crippen LogP contribution in [0.2, 0.25) is 0 Å². The summed E-state index contributed by atoms with van der Waals surface area (Å²) >= 11 is 0. The molecule has 0 aromatic heterocycles. The van der Waals surface area contributed by atoms with Gasteiger partial charge in [-0.05, 0) is 44.2 Å². The maximum absolute atomic E-state index is 6.19. The predicted molar refractivity (Wildman–Crippen MR) is 124 cm³/mol. The van der Waals surface area contributed by atoms with Crippen molar-refractivity contribution in [2.45, 2.75) is 104 Å². The van der Waals surface area contributed by atoms with Crippen molar-refractivity contribution >= 4 is 0 Å². The average Bonchev–Trinajstić information content (AvgIpc) is 2.75. The Labute approximate surface area is 180 Å². The molecule has 0 bridgehead atoms. The minimum absolute atomic E-state index is 0.801. The first-order valence-electron chi connectivity index (χ1n) is 12.4. The van der Waals surface area contributed by atoms with Gasteiger partial charge >= 0.3 is 0 Å². The van der Waals surface area contributed by atoms with E-state index in [1.807, 2.05) is 0 Å². The van der Waals surface area contributed by atoms with Gasteiger partial charge in [0.1, 0.15) is 11.5 Å². The van der Waals surface area contributed by atoms with Gasteiger partial charge < -0.3 is 14.8 Å². The Kier molecular flexibility index (Phi) is 12.9. The molecule has 0 atom stereocenters. The van der Waals surface area contributed by atoms with Crippen LogP contribution in [0, 0.1) is 5.92 Å². The lowest BCUT2D eigenvalue weighted by atomic mass is 9.89. The van der Waals surface area contributed by atoms with Crippen LogP contribution in [0.5, 0.6) is 11.5 Å². The van der Waals surface area contributed by atoms with E-state index in [0.717, 1.165) is 56.6 Å². The Balaban J connectivity index is 1.84. The molecule has 1 aromatic carbocycles. The molecule has 0 heterocycles. The SMILES string of the molecule is CCCCCCOc1ccc(CNCC2CCCCC2)c(OCCCCCC)c1. The number of rotatable bonds is 16. The summed E-state index contributed by atoms with van der Waals surface area (Å²) in [4.78, 5) is 0. The average molecular weight is 404 g/mol. The van der Waals surface area contributed by atoms with Crippen LogP contribution in [0.25, 0.3) is 0 Å². The first kappa shape index (κ1) is 24.1. The Hall–Kier alpha value is -1.22. The Bertz CT molecular complexity index is 525. The number of hydrogen-bond acceptors (Lipinski definition) is 3. The molecule has 1 aliphatic carbocycles. The Morgan fingerprint density at radius 3 is 2.21 bits per heavy atom. The lowest BCUT2D eigenvalue weighted by Gasteiger charge is -2.22. The zero-order valence-corrected chi connectivity index (χ0v) is 19.1. The highest BCUT2D eigenvalue weighted by Crippen LogP contribution is 2.27. The fourth-order valence-corrected chi connectivity index (χ4v) is 4.14. The molecule has 0 spiro atoms. The van der Waals surface area contributed by atoms with E-state index in [1.165, 1.54) is 76.2 Å². The molecule has 0 unspecified atom stereocenters. The van der Waals surface area contributed by atoms with E-state index in [0.29, 0.717) is 0 Å². The van der Waals surface area contributed by atoms with Crippen LogP contribution in [-0.2, 0) is 6.54 Å². The normalized spacial score (nSPS) is 14.8. The highest BCUT2D eigenvalue weighted by atomic mass is 16.5. The number of ether oxygens (including phenoxy) is 2. The Morgan fingerprint density at radius 2 is 1.52 bits per heavy atom. The van der Waals surface area contributed by atoms with Gasteiger partial charge in [-0.3, -0.25) is 0 Å². The molecule has 0 aliphatic heterocycles. The molecule has 0 saturated heterocycles. The molecular formula is C26H45NO2. The van der Waals surface area contributed by atoms with Crippen LogP contribution in [0.15, 0.2) is 18.2 Å². The third kappa shape index (κ3) is 10.4. The van der Waals surface area contributed by atoms with Gasteiger partial charge in [0.15, 0.2) is 0 Å². The van der Waals surface area contributed by atoms with E-state index in [2.05, 4.69) is 37.4 Å². The molecule has 1 aliphatic rings. The van der Waals surface area contributed by atoms with Gasteiger partial charge in [-0.15, -0.1) is 0 Å². The van der Waals surface area contributed by atoms with Gasteiger partial charge in [-0.2, -0.15) is 0 Å². The second kappa shape index (κ2) is 15.6. The van der Waals surface area contributed by atoms with Crippen LogP contribution in [0.3, 0.4) is 0 Å². The van der Waals surface area contributed by atoms with Gasteiger partial charge in [-0.1, -0.05) is 77.7 Å². The van der Waals surface area contributed by atoms with Crippen molar-refractivity contribution in [3.63, 3.8) is 0 Å². The second-order valence-corrected chi connectivity index (χ2v) is 8.72. The molecule has 2 rings (SSSR count). The van der Waals surface area contributed by atoms with Gasteiger partial charge in [0, 0.05) is 18.2 Å².